The van der Waals surface area contributed by atoms with Gasteiger partial charge < -0.3 is 11.1 Å². The van der Waals surface area contributed by atoms with Crippen molar-refractivity contribution in [1.82, 2.24) is 15.3 Å². The van der Waals surface area contributed by atoms with Crippen LogP contribution >= 0.6 is 0 Å². The Bertz CT molecular complexity index is 1090. The molecule has 0 atom stereocenters. The van der Waals surface area contributed by atoms with Crippen LogP contribution in [-0.4, -0.2) is 15.9 Å². The van der Waals surface area contributed by atoms with Gasteiger partial charge in [0.15, 0.2) is 11.5 Å². The third kappa shape index (κ3) is 2.99. The van der Waals surface area contributed by atoms with Crippen LogP contribution in [-0.2, 0) is 6.54 Å². The summed E-state index contributed by atoms with van der Waals surface area (Å²) in [6, 6.07) is 21.5. The van der Waals surface area contributed by atoms with E-state index in [-0.39, 0.29) is 17.4 Å². The minimum absolute atomic E-state index is 0.134. The molecule has 0 bridgehead atoms. The molecule has 0 saturated heterocycles. The zero-order chi connectivity index (χ0) is 17.2. The van der Waals surface area contributed by atoms with Crippen molar-refractivity contribution in [3.8, 4) is 0 Å². The fourth-order valence-corrected chi connectivity index (χ4v) is 2.80. The highest BCUT2D eigenvalue weighted by Crippen LogP contribution is 2.17. The molecule has 1 heterocycles. The second kappa shape index (κ2) is 6.20. The highest BCUT2D eigenvalue weighted by Gasteiger charge is 2.14. The Morgan fingerprint density at radius 1 is 0.880 bits per heavy atom. The predicted molar refractivity (Wildman–Crippen MR) is 99.1 cm³/mol. The first kappa shape index (κ1) is 15.1. The van der Waals surface area contributed by atoms with Crippen molar-refractivity contribution in [2.75, 3.05) is 5.73 Å². The third-order valence-electron chi connectivity index (χ3n) is 4.08. The first-order valence-electron chi connectivity index (χ1n) is 7.99. The molecule has 0 radical (unpaired) electrons. The Morgan fingerprint density at radius 2 is 1.56 bits per heavy atom. The normalized spacial score (nSPS) is 10.9. The molecule has 1 amide bonds. The van der Waals surface area contributed by atoms with Gasteiger partial charge in [0.25, 0.3) is 5.91 Å². The highest BCUT2D eigenvalue weighted by molar-refractivity contribution is 5.98. The molecular weight excluding hydrogens is 312 g/mol. The summed E-state index contributed by atoms with van der Waals surface area (Å²) in [5.74, 6) is -0.196. The van der Waals surface area contributed by atoms with Crippen molar-refractivity contribution >= 4 is 33.5 Å². The minimum Gasteiger partial charge on any atom is -0.382 e. The molecule has 0 spiro atoms. The summed E-state index contributed by atoms with van der Waals surface area (Å²) in [6.45, 7) is 0.400. The van der Waals surface area contributed by atoms with Gasteiger partial charge in [-0.15, -0.1) is 0 Å². The summed E-state index contributed by atoms with van der Waals surface area (Å²) in [4.78, 5) is 21.0. The minimum atomic E-state index is -0.330. The lowest BCUT2D eigenvalue weighted by Gasteiger charge is -2.08. The van der Waals surface area contributed by atoms with E-state index in [1.54, 1.807) is 0 Å². The lowest BCUT2D eigenvalue weighted by Crippen LogP contribution is -2.25. The van der Waals surface area contributed by atoms with Crippen molar-refractivity contribution in [2.24, 2.45) is 0 Å². The Hall–Kier alpha value is -3.47. The van der Waals surface area contributed by atoms with Crippen LogP contribution in [0.3, 0.4) is 0 Å². The van der Waals surface area contributed by atoms with Gasteiger partial charge in [0.05, 0.1) is 11.0 Å². The second-order valence-electron chi connectivity index (χ2n) is 5.81. The number of nitrogens with two attached hydrogens (primary N) is 1. The fourth-order valence-electron chi connectivity index (χ4n) is 2.80. The number of nitrogen functional groups attached to an aromatic ring is 1. The molecule has 5 heteroatoms. The van der Waals surface area contributed by atoms with Crippen LogP contribution in [0.1, 0.15) is 16.1 Å². The van der Waals surface area contributed by atoms with Crippen LogP contribution in [0.15, 0.2) is 66.7 Å². The maximum atomic E-state index is 12.5. The van der Waals surface area contributed by atoms with E-state index in [1.165, 1.54) is 5.39 Å². The Morgan fingerprint density at radius 3 is 2.36 bits per heavy atom. The molecule has 0 aliphatic carbocycles. The number of aromatic nitrogens is 2. The molecule has 1 aromatic heterocycles. The number of hydrogen-bond donors (Lipinski definition) is 2. The van der Waals surface area contributed by atoms with Crippen molar-refractivity contribution in [1.29, 1.82) is 0 Å². The summed E-state index contributed by atoms with van der Waals surface area (Å²) >= 11 is 0. The molecule has 0 saturated carbocycles. The van der Waals surface area contributed by atoms with E-state index >= 15 is 0 Å². The molecule has 25 heavy (non-hydrogen) atoms. The highest BCUT2D eigenvalue weighted by atomic mass is 16.1. The molecule has 0 unspecified atom stereocenters. The summed E-state index contributed by atoms with van der Waals surface area (Å²) in [5.41, 5.74) is 8.38. The van der Waals surface area contributed by atoms with Crippen LogP contribution < -0.4 is 11.1 Å². The van der Waals surface area contributed by atoms with Gasteiger partial charge in [-0.3, -0.25) is 4.79 Å². The molecule has 0 aliphatic heterocycles. The van der Waals surface area contributed by atoms with E-state index in [9.17, 15) is 4.79 Å². The summed E-state index contributed by atoms with van der Waals surface area (Å²) in [6.07, 6.45) is 0. The van der Waals surface area contributed by atoms with Gasteiger partial charge in [-0.25, -0.2) is 9.97 Å². The number of para-hydroxylation sites is 2. The molecule has 5 nitrogen and oxygen atoms in total. The molecule has 0 aliphatic rings. The van der Waals surface area contributed by atoms with E-state index in [1.807, 2.05) is 54.6 Å². The average Bonchev–Trinajstić information content (AvgIpc) is 2.65. The van der Waals surface area contributed by atoms with Crippen molar-refractivity contribution < 1.29 is 4.79 Å². The van der Waals surface area contributed by atoms with Gasteiger partial charge in [-0.1, -0.05) is 48.5 Å². The van der Waals surface area contributed by atoms with Crippen molar-refractivity contribution in [2.45, 2.75) is 6.54 Å². The van der Waals surface area contributed by atoms with Gasteiger partial charge in [-0.2, -0.15) is 0 Å². The Labute approximate surface area is 144 Å². The monoisotopic (exact) mass is 328 g/mol. The molecular formula is C20H16N4O. The van der Waals surface area contributed by atoms with Crippen LogP contribution in [0.4, 0.5) is 5.82 Å². The van der Waals surface area contributed by atoms with Gasteiger partial charge >= 0.3 is 0 Å². The van der Waals surface area contributed by atoms with E-state index in [0.29, 0.717) is 17.6 Å². The first-order valence-corrected chi connectivity index (χ1v) is 7.99. The number of rotatable bonds is 3. The van der Waals surface area contributed by atoms with Gasteiger partial charge in [-0.05, 0) is 34.5 Å². The number of benzene rings is 3. The number of carbonyl (C=O) groups is 1. The van der Waals surface area contributed by atoms with Crippen LogP contribution in [0.5, 0.6) is 0 Å². The first-order chi connectivity index (χ1) is 12.2. The van der Waals surface area contributed by atoms with Crippen LogP contribution in [0.25, 0.3) is 21.8 Å². The Balaban J connectivity index is 1.56. The number of nitrogens with one attached hydrogen (secondary N) is 1. The predicted octanol–water partition coefficient (Wildman–Crippen LogP) is 3.30. The van der Waals surface area contributed by atoms with Crippen molar-refractivity contribution in [3.63, 3.8) is 0 Å². The van der Waals surface area contributed by atoms with Crippen LogP contribution in [0, 0.1) is 0 Å². The van der Waals surface area contributed by atoms with E-state index < -0.39 is 0 Å². The maximum absolute atomic E-state index is 12.5. The smallest absolute Gasteiger partial charge is 0.274 e. The largest absolute Gasteiger partial charge is 0.382 e. The number of amides is 1. The standard InChI is InChI=1S/C20H16N4O/c21-19-18(23-16-7-3-4-8-17(16)24-19)20(25)22-12-13-9-10-14-5-1-2-6-15(14)11-13/h1-11H,12H2,(H2,21,24)(H,22,25). The maximum Gasteiger partial charge on any atom is 0.274 e. The molecule has 3 aromatic carbocycles. The molecule has 3 N–H and O–H groups in total. The fraction of sp³-hybridized carbons (Fsp3) is 0.0500. The molecule has 4 rings (SSSR count). The lowest BCUT2D eigenvalue weighted by molar-refractivity contribution is 0.0947. The summed E-state index contributed by atoms with van der Waals surface area (Å²) < 4.78 is 0. The number of nitrogens with zero attached hydrogens (tertiary/aromatic N) is 2. The molecule has 0 fully saturated rings. The Kier molecular flexibility index (Phi) is 3.74. The molecule has 4 aromatic rings. The average molecular weight is 328 g/mol. The number of carbonyl (C=O) groups excluding carboxylic acids is 1. The quantitative estimate of drug-likeness (QED) is 0.605. The third-order valence-corrected chi connectivity index (χ3v) is 4.08. The van der Waals surface area contributed by atoms with E-state index in [2.05, 4.69) is 27.4 Å². The lowest BCUT2D eigenvalue weighted by atomic mass is 10.1. The number of hydrogen-bond acceptors (Lipinski definition) is 4. The number of anilines is 1. The van der Waals surface area contributed by atoms with Gasteiger partial charge in [0, 0.05) is 6.54 Å². The zero-order valence-corrected chi connectivity index (χ0v) is 13.4. The van der Waals surface area contributed by atoms with Crippen LogP contribution in [0.2, 0.25) is 0 Å². The van der Waals surface area contributed by atoms with E-state index in [4.69, 9.17) is 5.73 Å². The number of fused-ring (bicyclic) bond motifs is 2. The summed E-state index contributed by atoms with van der Waals surface area (Å²) in [7, 11) is 0. The second-order valence-corrected chi connectivity index (χ2v) is 5.81. The van der Waals surface area contributed by atoms with Gasteiger partial charge in [0.2, 0.25) is 0 Å². The van der Waals surface area contributed by atoms with E-state index in [0.717, 1.165) is 10.9 Å². The van der Waals surface area contributed by atoms with Gasteiger partial charge in [0.1, 0.15) is 0 Å². The summed E-state index contributed by atoms with van der Waals surface area (Å²) in [5, 5.41) is 5.17. The molecule has 122 valence electrons. The van der Waals surface area contributed by atoms with Crippen molar-refractivity contribution in [3.05, 3.63) is 78.0 Å². The zero-order valence-electron chi connectivity index (χ0n) is 13.4. The SMILES string of the molecule is Nc1nc2ccccc2nc1C(=O)NCc1ccc2ccccc2c1. The topological polar surface area (TPSA) is 80.9 Å².